The van der Waals surface area contributed by atoms with Crippen LogP contribution in [0.5, 0.6) is 0 Å². The van der Waals surface area contributed by atoms with Gasteiger partial charge >= 0.3 is 12.1 Å². The number of ether oxygens (including phenoxy) is 1. The van der Waals surface area contributed by atoms with Crippen LogP contribution in [-0.2, 0) is 22.1 Å². The number of rotatable bonds is 3. The molecule has 0 bridgehead atoms. The van der Waals surface area contributed by atoms with Crippen LogP contribution in [0.1, 0.15) is 23.2 Å². The van der Waals surface area contributed by atoms with Crippen molar-refractivity contribution < 1.29 is 31.5 Å². The van der Waals surface area contributed by atoms with Crippen molar-refractivity contribution >= 4 is 5.97 Å². The number of carbonyl (C=O) groups excluding carboxylic acids is 1. The Balaban J connectivity index is 3.22. The molecule has 1 heterocycles. The molecule has 0 aliphatic heterocycles. The average Bonchev–Trinajstić information content (AvgIpc) is 2.27. The molecule has 0 radical (unpaired) electrons. The highest BCUT2D eigenvalue weighted by Gasteiger charge is 2.35. The van der Waals surface area contributed by atoms with Gasteiger partial charge in [-0.05, 0) is 11.6 Å². The summed E-state index contributed by atoms with van der Waals surface area (Å²) in [6.45, 7) is 0. The molecule has 1 aromatic heterocycles. The maximum atomic E-state index is 12.6. The largest absolute Gasteiger partial charge is 0.469 e. The second-order valence-corrected chi connectivity index (χ2v) is 3.32. The molecular formula is C10H8F5NO2. The van der Waals surface area contributed by atoms with Gasteiger partial charge in [-0.15, -0.1) is 0 Å². The summed E-state index contributed by atoms with van der Waals surface area (Å²) in [5, 5.41) is 0. The number of nitrogens with zero attached hydrogens (tertiary/aromatic N) is 1. The van der Waals surface area contributed by atoms with E-state index in [1.54, 1.807) is 0 Å². The Hall–Kier alpha value is -1.73. The fraction of sp³-hybridized carbons (Fsp3) is 0.400. The summed E-state index contributed by atoms with van der Waals surface area (Å²) < 4.78 is 66.5. The summed E-state index contributed by atoms with van der Waals surface area (Å²) in [5.41, 5.74) is -2.63. The topological polar surface area (TPSA) is 39.2 Å². The van der Waals surface area contributed by atoms with E-state index >= 15 is 0 Å². The highest BCUT2D eigenvalue weighted by atomic mass is 19.4. The Morgan fingerprint density at radius 2 is 2.06 bits per heavy atom. The summed E-state index contributed by atoms with van der Waals surface area (Å²) in [5.74, 6) is -0.952. The van der Waals surface area contributed by atoms with Crippen molar-refractivity contribution in [2.24, 2.45) is 0 Å². The van der Waals surface area contributed by atoms with Gasteiger partial charge in [0, 0.05) is 6.20 Å². The number of hydrogen-bond donors (Lipinski definition) is 0. The maximum Gasteiger partial charge on any atom is 0.418 e. The van der Waals surface area contributed by atoms with Crippen LogP contribution in [0.15, 0.2) is 12.3 Å². The van der Waals surface area contributed by atoms with Gasteiger partial charge in [-0.2, -0.15) is 13.2 Å². The third-order valence-corrected chi connectivity index (χ3v) is 2.10. The Labute approximate surface area is 98.6 Å². The minimum absolute atomic E-state index is 0.291. The van der Waals surface area contributed by atoms with E-state index in [-0.39, 0.29) is 0 Å². The lowest BCUT2D eigenvalue weighted by molar-refractivity contribution is -0.141. The molecule has 0 atom stereocenters. The first kappa shape index (κ1) is 14.3. The van der Waals surface area contributed by atoms with E-state index < -0.39 is 41.8 Å². The van der Waals surface area contributed by atoms with Crippen LogP contribution in [0.2, 0.25) is 0 Å². The monoisotopic (exact) mass is 269 g/mol. The van der Waals surface area contributed by atoms with Gasteiger partial charge < -0.3 is 4.74 Å². The molecule has 0 N–H and O–H groups in total. The number of halogens is 5. The van der Waals surface area contributed by atoms with Crippen molar-refractivity contribution in [1.29, 1.82) is 0 Å². The summed E-state index contributed by atoms with van der Waals surface area (Å²) in [4.78, 5) is 14.0. The molecule has 1 aromatic rings. The van der Waals surface area contributed by atoms with E-state index in [2.05, 4.69) is 9.72 Å². The molecule has 0 spiro atoms. The second kappa shape index (κ2) is 5.28. The minimum atomic E-state index is -4.77. The van der Waals surface area contributed by atoms with Gasteiger partial charge in [0.2, 0.25) is 0 Å². The predicted molar refractivity (Wildman–Crippen MR) is 49.9 cm³/mol. The Morgan fingerprint density at radius 3 is 2.50 bits per heavy atom. The minimum Gasteiger partial charge on any atom is -0.469 e. The molecule has 0 aliphatic rings. The maximum absolute atomic E-state index is 12.6. The van der Waals surface area contributed by atoms with Gasteiger partial charge in [-0.3, -0.25) is 9.78 Å². The number of methoxy groups -OCH3 is 1. The third kappa shape index (κ3) is 3.38. The average molecular weight is 269 g/mol. The molecule has 3 nitrogen and oxygen atoms in total. The van der Waals surface area contributed by atoms with Gasteiger partial charge in [-0.1, -0.05) is 0 Å². The van der Waals surface area contributed by atoms with Crippen LogP contribution >= 0.6 is 0 Å². The Morgan fingerprint density at radius 1 is 1.44 bits per heavy atom. The van der Waals surface area contributed by atoms with Crippen molar-refractivity contribution in [3.63, 3.8) is 0 Å². The fourth-order valence-electron chi connectivity index (χ4n) is 1.26. The van der Waals surface area contributed by atoms with Gasteiger partial charge in [0.1, 0.15) is 5.69 Å². The lowest BCUT2D eigenvalue weighted by atomic mass is 10.1. The van der Waals surface area contributed by atoms with Crippen LogP contribution in [0.4, 0.5) is 22.0 Å². The second-order valence-electron chi connectivity index (χ2n) is 3.32. The van der Waals surface area contributed by atoms with Gasteiger partial charge in [0.15, 0.2) is 0 Å². The van der Waals surface area contributed by atoms with Crippen LogP contribution in [0, 0.1) is 0 Å². The van der Waals surface area contributed by atoms with Crippen LogP contribution < -0.4 is 0 Å². The highest BCUT2D eigenvalue weighted by molar-refractivity contribution is 5.73. The normalized spacial score (nSPS) is 11.7. The standard InChI is InChI=1S/C10H8F5NO2/c1-18-8(17)3-5-2-7(9(11)12)16-4-6(5)10(13,14)15/h2,4,9H,3H2,1H3. The van der Waals surface area contributed by atoms with Crippen molar-refractivity contribution in [2.45, 2.75) is 19.0 Å². The molecule has 100 valence electrons. The number of carbonyl (C=O) groups is 1. The Bertz CT molecular complexity index is 444. The van der Waals surface area contributed by atoms with Crippen molar-refractivity contribution in [3.05, 3.63) is 29.1 Å². The first-order chi connectivity index (χ1) is 8.25. The SMILES string of the molecule is COC(=O)Cc1cc(C(F)F)ncc1C(F)(F)F. The molecule has 0 saturated carbocycles. The zero-order chi connectivity index (χ0) is 13.9. The smallest absolute Gasteiger partial charge is 0.418 e. The van der Waals surface area contributed by atoms with E-state index in [4.69, 9.17) is 0 Å². The van der Waals surface area contributed by atoms with Gasteiger partial charge in [0.05, 0.1) is 19.1 Å². The molecule has 8 heteroatoms. The van der Waals surface area contributed by atoms with Crippen LogP contribution in [-0.4, -0.2) is 18.1 Å². The molecule has 0 amide bonds. The van der Waals surface area contributed by atoms with Crippen molar-refractivity contribution in [2.75, 3.05) is 7.11 Å². The number of aromatic nitrogens is 1. The molecular weight excluding hydrogens is 261 g/mol. The highest BCUT2D eigenvalue weighted by Crippen LogP contribution is 2.33. The Kier molecular flexibility index (Phi) is 4.20. The molecule has 0 saturated heterocycles. The van der Waals surface area contributed by atoms with E-state index in [9.17, 15) is 26.7 Å². The molecule has 0 aromatic carbocycles. The molecule has 18 heavy (non-hydrogen) atoms. The zero-order valence-corrected chi connectivity index (χ0v) is 9.09. The fourth-order valence-corrected chi connectivity index (χ4v) is 1.26. The summed E-state index contributed by atoms with van der Waals surface area (Å²) >= 11 is 0. The lowest BCUT2D eigenvalue weighted by Gasteiger charge is -2.12. The number of hydrogen-bond acceptors (Lipinski definition) is 3. The van der Waals surface area contributed by atoms with E-state index in [1.807, 2.05) is 0 Å². The number of pyridine rings is 1. The quantitative estimate of drug-likeness (QED) is 0.625. The first-order valence-electron chi connectivity index (χ1n) is 4.66. The molecule has 0 unspecified atom stereocenters. The van der Waals surface area contributed by atoms with Crippen molar-refractivity contribution in [3.8, 4) is 0 Å². The predicted octanol–water partition coefficient (Wildman–Crippen LogP) is 2.75. The number of alkyl halides is 5. The molecule has 0 fully saturated rings. The van der Waals surface area contributed by atoms with Gasteiger partial charge in [-0.25, -0.2) is 8.78 Å². The first-order valence-corrected chi connectivity index (χ1v) is 4.66. The van der Waals surface area contributed by atoms with Gasteiger partial charge in [0.25, 0.3) is 6.43 Å². The van der Waals surface area contributed by atoms with Crippen LogP contribution in [0.3, 0.4) is 0 Å². The lowest BCUT2D eigenvalue weighted by Crippen LogP contribution is -2.15. The zero-order valence-electron chi connectivity index (χ0n) is 9.09. The van der Waals surface area contributed by atoms with E-state index in [0.29, 0.717) is 12.3 Å². The summed E-state index contributed by atoms with van der Waals surface area (Å²) in [7, 11) is 0.991. The summed E-state index contributed by atoms with van der Waals surface area (Å²) in [6.07, 6.45) is -8.23. The van der Waals surface area contributed by atoms with Crippen LogP contribution in [0.25, 0.3) is 0 Å². The van der Waals surface area contributed by atoms with E-state index in [0.717, 1.165) is 7.11 Å². The van der Waals surface area contributed by atoms with E-state index in [1.165, 1.54) is 0 Å². The molecule has 1 rings (SSSR count). The summed E-state index contributed by atoms with van der Waals surface area (Å²) in [6, 6.07) is 0.560. The molecule has 0 aliphatic carbocycles. The third-order valence-electron chi connectivity index (χ3n) is 2.10. The number of esters is 1. The van der Waals surface area contributed by atoms with Crippen molar-refractivity contribution in [1.82, 2.24) is 4.98 Å².